The number of aromatic nitrogens is 1. The third kappa shape index (κ3) is 1.80. The van der Waals surface area contributed by atoms with Gasteiger partial charge in [0.25, 0.3) is 0 Å². The number of aldehydes is 1. The van der Waals surface area contributed by atoms with Gasteiger partial charge >= 0.3 is 0 Å². The second-order valence-corrected chi connectivity index (χ2v) is 2.95. The van der Waals surface area contributed by atoms with E-state index in [0.717, 1.165) is 22.9 Å². The van der Waals surface area contributed by atoms with E-state index < -0.39 is 0 Å². The number of fused-ring (bicyclic) bond motifs is 1. The average Bonchev–Trinajstić information content (AvgIpc) is 2.65. The normalized spacial score (nSPS) is 10.6. The topological polar surface area (TPSA) is 55.1 Å². The highest BCUT2D eigenvalue weighted by Crippen LogP contribution is 2.13. The van der Waals surface area contributed by atoms with Crippen LogP contribution in [0.5, 0.6) is 0 Å². The summed E-state index contributed by atoms with van der Waals surface area (Å²) in [6, 6.07) is 5.78. The van der Waals surface area contributed by atoms with Crippen LogP contribution < -0.4 is 5.32 Å². The highest BCUT2D eigenvalue weighted by molar-refractivity contribution is 5.72. The zero-order valence-corrected chi connectivity index (χ0v) is 7.56. The maximum atomic E-state index is 10.1. The summed E-state index contributed by atoms with van der Waals surface area (Å²) < 4.78 is 5.16. The first-order valence-electron chi connectivity index (χ1n) is 4.36. The molecule has 0 unspecified atom stereocenters. The smallest absolute Gasteiger partial charge is 0.181 e. The van der Waals surface area contributed by atoms with Crippen LogP contribution in [0.25, 0.3) is 11.1 Å². The number of rotatable bonds is 4. The molecule has 2 aromatic rings. The molecule has 1 heterocycles. The van der Waals surface area contributed by atoms with Crippen LogP contribution in [0.4, 0.5) is 0 Å². The van der Waals surface area contributed by atoms with Crippen molar-refractivity contribution in [2.45, 2.75) is 6.54 Å². The quantitative estimate of drug-likeness (QED) is 0.579. The van der Waals surface area contributed by atoms with Gasteiger partial charge in [-0.15, -0.1) is 0 Å². The average molecular weight is 190 g/mol. The van der Waals surface area contributed by atoms with Gasteiger partial charge < -0.3 is 14.5 Å². The summed E-state index contributed by atoms with van der Waals surface area (Å²) in [5, 5.41) is 2.98. The van der Waals surface area contributed by atoms with Crippen LogP contribution in [0, 0.1) is 0 Å². The van der Waals surface area contributed by atoms with E-state index in [1.165, 1.54) is 6.39 Å². The number of nitrogens with one attached hydrogen (secondary N) is 1. The minimum Gasteiger partial charge on any atom is -0.443 e. The van der Waals surface area contributed by atoms with Crippen molar-refractivity contribution in [2.75, 3.05) is 6.54 Å². The molecule has 4 heteroatoms. The molecule has 0 radical (unpaired) electrons. The van der Waals surface area contributed by atoms with Gasteiger partial charge in [0.2, 0.25) is 0 Å². The van der Waals surface area contributed by atoms with Crippen molar-refractivity contribution < 1.29 is 9.21 Å². The highest BCUT2D eigenvalue weighted by atomic mass is 16.3. The zero-order valence-electron chi connectivity index (χ0n) is 7.56. The Bertz CT molecular complexity index is 436. The van der Waals surface area contributed by atoms with E-state index in [0.29, 0.717) is 13.1 Å². The summed E-state index contributed by atoms with van der Waals surface area (Å²) in [6.45, 7) is 1.03. The van der Waals surface area contributed by atoms with E-state index in [9.17, 15) is 4.79 Å². The fourth-order valence-electron chi connectivity index (χ4n) is 1.28. The molecule has 0 fully saturated rings. The fourth-order valence-corrected chi connectivity index (χ4v) is 1.28. The molecule has 0 aliphatic rings. The molecule has 0 aliphatic carbocycles. The molecule has 1 aromatic carbocycles. The molecule has 0 atom stereocenters. The van der Waals surface area contributed by atoms with Crippen LogP contribution in [0.1, 0.15) is 5.56 Å². The van der Waals surface area contributed by atoms with Crippen molar-refractivity contribution in [1.82, 2.24) is 10.3 Å². The van der Waals surface area contributed by atoms with E-state index in [-0.39, 0.29) is 0 Å². The molecule has 1 N–H and O–H groups in total. The SMILES string of the molecule is O=CCNCc1ccc2ncoc2c1. The van der Waals surface area contributed by atoms with Crippen molar-refractivity contribution in [3.8, 4) is 0 Å². The fraction of sp³-hybridized carbons (Fsp3) is 0.200. The third-order valence-corrected chi connectivity index (χ3v) is 1.95. The van der Waals surface area contributed by atoms with Crippen molar-refractivity contribution in [2.24, 2.45) is 0 Å². The van der Waals surface area contributed by atoms with E-state index in [4.69, 9.17) is 4.42 Å². The minimum absolute atomic E-state index is 0.369. The second kappa shape index (κ2) is 4.02. The summed E-state index contributed by atoms with van der Waals surface area (Å²) in [5.41, 5.74) is 2.70. The summed E-state index contributed by atoms with van der Waals surface area (Å²) in [6.07, 6.45) is 2.26. The van der Waals surface area contributed by atoms with Crippen LogP contribution in [-0.2, 0) is 11.3 Å². The molecular weight excluding hydrogens is 180 g/mol. The maximum Gasteiger partial charge on any atom is 0.181 e. The Labute approximate surface area is 80.9 Å². The lowest BCUT2D eigenvalue weighted by atomic mass is 10.2. The first-order valence-corrected chi connectivity index (χ1v) is 4.36. The van der Waals surface area contributed by atoms with Gasteiger partial charge in [0, 0.05) is 6.54 Å². The Morgan fingerprint density at radius 3 is 3.29 bits per heavy atom. The largest absolute Gasteiger partial charge is 0.443 e. The summed E-state index contributed by atoms with van der Waals surface area (Å²) in [5.74, 6) is 0. The number of carbonyl (C=O) groups is 1. The Morgan fingerprint density at radius 2 is 2.43 bits per heavy atom. The number of oxazole rings is 1. The Morgan fingerprint density at radius 1 is 1.50 bits per heavy atom. The number of carbonyl (C=O) groups excluding carboxylic acids is 1. The Balaban J connectivity index is 2.13. The Hall–Kier alpha value is -1.68. The molecule has 1 aromatic heterocycles. The van der Waals surface area contributed by atoms with Gasteiger partial charge in [-0.1, -0.05) is 6.07 Å². The lowest BCUT2D eigenvalue weighted by Gasteiger charge is -1.99. The van der Waals surface area contributed by atoms with Gasteiger partial charge in [-0.05, 0) is 17.7 Å². The van der Waals surface area contributed by atoms with E-state index in [1.54, 1.807) is 0 Å². The monoisotopic (exact) mass is 190 g/mol. The van der Waals surface area contributed by atoms with Crippen molar-refractivity contribution >= 4 is 17.4 Å². The number of nitrogens with zero attached hydrogens (tertiary/aromatic N) is 1. The lowest BCUT2D eigenvalue weighted by Crippen LogP contribution is -2.15. The van der Waals surface area contributed by atoms with Crippen LogP contribution in [0.15, 0.2) is 29.0 Å². The summed E-state index contributed by atoms with van der Waals surface area (Å²) in [7, 11) is 0. The number of hydrogen-bond acceptors (Lipinski definition) is 4. The van der Waals surface area contributed by atoms with Crippen molar-refractivity contribution in [3.63, 3.8) is 0 Å². The second-order valence-electron chi connectivity index (χ2n) is 2.95. The summed E-state index contributed by atoms with van der Waals surface area (Å²) >= 11 is 0. The van der Waals surface area contributed by atoms with Crippen LogP contribution in [0.2, 0.25) is 0 Å². The van der Waals surface area contributed by atoms with E-state index in [1.807, 2.05) is 18.2 Å². The molecule has 0 bridgehead atoms. The van der Waals surface area contributed by atoms with Crippen LogP contribution >= 0.6 is 0 Å². The maximum absolute atomic E-state index is 10.1. The molecule has 0 amide bonds. The van der Waals surface area contributed by atoms with Gasteiger partial charge in [0.1, 0.15) is 11.8 Å². The number of hydrogen-bond donors (Lipinski definition) is 1. The van der Waals surface area contributed by atoms with Crippen molar-refractivity contribution in [1.29, 1.82) is 0 Å². The predicted molar refractivity (Wildman–Crippen MR) is 51.8 cm³/mol. The first-order chi connectivity index (χ1) is 6.90. The predicted octanol–water partition coefficient (Wildman–Crippen LogP) is 1.12. The molecule has 2 rings (SSSR count). The van der Waals surface area contributed by atoms with Gasteiger partial charge in [-0.3, -0.25) is 0 Å². The van der Waals surface area contributed by atoms with Crippen LogP contribution in [0.3, 0.4) is 0 Å². The van der Waals surface area contributed by atoms with E-state index in [2.05, 4.69) is 10.3 Å². The lowest BCUT2D eigenvalue weighted by molar-refractivity contribution is -0.107. The molecule has 0 saturated carbocycles. The van der Waals surface area contributed by atoms with Crippen molar-refractivity contribution in [3.05, 3.63) is 30.2 Å². The Kier molecular flexibility index (Phi) is 2.55. The van der Waals surface area contributed by atoms with Gasteiger partial charge in [0.15, 0.2) is 12.0 Å². The summed E-state index contributed by atoms with van der Waals surface area (Å²) in [4.78, 5) is 14.1. The van der Waals surface area contributed by atoms with Gasteiger partial charge in [-0.2, -0.15) is 0 Å². The third-order valence-electron chi connectivity index (χ3n) is 1.95. The highest BCUT2D eigenvalue weighted by Gasteiger charge is 1.99. The molecule has 0 saturated heterocycles. The molecule has 72 valence electrons. The molecule has 0 aliphatic heterocycles. The first kappa shape index (κ1) is 8.90. The minimum atomic E-state index is 0.369. The zero-order chi connectivity index (χ0) is 9.80. The standard InChI is InChI=1S/C10H10N2O2/c13-4-3-11-6-8-1-2-9-10(5-8)14-7-12-9/h1-2,4-5,7,11H,3,6H2. The number of benzene rings is 1. The van der Waals surface area contributed by atoms with E-state index >= 15 is 0 Å². The van der Waals surface area contributed by atoms with Gasteiger partial charge in [-0.25, -0.2) is 4.98 Å². The molecule has 4 nitrogen and oxygen atoms in total. The molecular formula is C10H10N2O2. The van der Waals surface area contributed by atoms with Gasteiger partial charge in [0.05, 0.1) is 6.54 Å². The van der Waals surface area contributed by atoms with Crippen LogP contribution in [-0.4, -0.2) is 17.8 Å². The molecule has 0 spiro atoms. The molecule has 14 heavy (non-hydrogen) atoms.